The van der Waals surface area contributed by atoms with Crippen LogP contribution in [0.1, 0.15) is 15.9 Å². The Morgan fingerprint density at radius 1 is 1.17 bits per heavy atom. The minimum atomic E-state index is -3.88. The lowest BCUT2D eigenvalue weighted by atomic mass is 10.1. The molecule has 1 heterocycles. The van der Waals surface area contributed by atoms with E-state index in [0.29, 0.717) is 25.5 Å². The number of methoxy groups -OCH3 is 1. The van der Waals surface area contributed by atoms with Crippen molar-refractivity contribution in [3.05, 3.63) is 57.6 Å². The minimum absolute atomic E-state index is 0.0292. The van der Waals surface area contributed by atoms with E-state index in [1.807, 2.05) is 24.3 Å². The lowest BCUT2D eigenvalue weighted by Gasteiger charge is -2.27. The lowest BCUT2D eigenvalue weighted by Crippen LogP contribution is -2.40. The first kappa shape index (κ1) is 22.8. The standard InChI is InChI=1S/C20H22Cl2N2O5S/c1-23(13-14-4-3-5-15(10-14)28-2)20(25)16-11-19(18(22)12-17(16)21)30(26,27)24-6-8-29-9-7-24/h3-5,10-12H,6-9,13H2,1-2H3. The van der Waals surface area contributed by atoms with E-state index in [9.17, 15) is 13.2 Å². The van der Waals surface area contributed by atoms with Gasteiger partial charge in [0.2, 0.25) is 10.0 Å². The number of ether oxygens (including phenoxy) is 2. The van der Waals surface area contributed by atoms with Gasteiger partial charge in [0.15, 0.2) is 0 Å². The summed E-state index contributed by atoms with van der Waals surface area (Å²) in [6.07, 6.45) is 0. The highest BCUT2D eigenvalue weighted by atomic mass is 35.5. The Labute approximate surface area is 186 Å². The minimum Gasteiger partial charge on any atom is -0.497 e. The first-order valence-corrected chi connectivity index (χ1v) is 11.4. The van der Waals surface area contributed by atoms with Crippen LogP contribution < -0.4 is 4.74 Å². The predicted octanol–water partition coefficient (Wildman–Crippen LogP) is 3.30. The number of hydrogen-bond donors (Lipinski definition) is 0. The fourth-order valence-corrected chi connectivity index (χ4v) is 5.38. The van der Waals surface area contributed by atoms with Gasteiger partial charge in [-0.15, -0.1) is 0 Å². The van der Waals surface area contributed by atoms with Crippen LogP contribution in [0, 0.1) is 0 Å². The third-order valence-electron chi connectivity index (χ3n) is 4.74. The maximum absolute atomic E-state index is 13.0. The Balaban J connectivity index is 1.89. The lowest BCUT2D eigenvalue weighted by molar-refractivity contribution is 0.0730. The van der Waals surface area contributed by atoms with Crippen LogP contribution in [0.4, 0.5) is 0 Å². The molecule has 1 fully saturated rings. The molecule has 3 rings (SSSR count). The summed E-state index contributed by atoms with van der Waals surface area (Å²) in [5, 5.41) is 0.0573. The van der Waals surface area contributed by atoms with Crippen LogP contribution in [0.5, 0.6) is 5.75 Å². The molecule has 30 heavy (non-hydrogen) atoms. The number of amides is 1. The van der Waals surface area contributed by atoms with Crippen LogP contribution in [-0.4, -0.2) is 64.0 Å². The molecule has 1 amide bonds. The van der Waals surface area contributed by atoms with Gasteiger partial charge in [-0.1, -0.05) is 35.3 Å². The van der Waals surface area contributed by atoms with Gasteiger partial charge in [-0.2, -0.15) is 4.31 Å². The predicted molar refractivity (Wildman–Crippen MR) is 115 cm³/mol. The van der Waals surface area contributed by atoms with Crippen LogP contribution in [0.25, 0.3) is 0 Å². The molecule has 0 bridgehead atoms. The number of sulfonamides is 1. The summed E-state index contributed by atoms with van der Waals surface area (Å²) in [7, 11) is -0.702. The summed E-state index contributed by atoms with van der Waals surface area (Å²) in [6.45, 7) is 1.35. The topological polar surface area (TPSA) is 76.2 Å². The second-order valence-electron chi connectivity index (χ2n) is 6.79. The molecule has 10 heteroatoms. The van der Waals surface area contributed by atoms with E-state index in [2.05, 4.69) is 0 Å². The molecule has 2 aromatic carbocycles. The maximum atomic E-state index is 13.0. The molecule has 0 spiro atoms. The molecule has 0 aromatic heterocycles. The van der Waals surface area contributed by atoms with Gasteiger partial charge in [-0.05, 0) is 29.8 Å². The second kappa shape index (κ2) is 9.53. The first-order valence-electron chi connectivity index (χ1n) is 9.19. The van der Waals surface area contributed by atoms with Crippen molar-refractivity contribution < 1.29 is 22.7 Å². The number of benzene rings is 2. The van der Waals surface area contributed by atoms with E-state index < -0.39 is 15.9 Å². The Morgan fingerprint density at radius 2 is 1.87 bits per heavy atom. The van der Waals surface area contributed by atoms with Crippen LogP contribution in [-0.2, 0) is 21.3 Å². The van der Waals surface area contributed by atoms with Crippen LogP contribution in [0.2, 0.25) is 10.0 Å². The molecule has 0 unspecified atom stereocenters. The fourth-order valence-electron chi connectivity index (χ4n) is 3.14. The molecule has 0 aliphatic carbocycles. The SMILES string of the molecule is COc1cccc(CN(C)C(=O)c2cc(S(=O)(=O)N3CCOCC3)c(Cl)cc2Cl)c1. The summed E-state index contributed by atoms with van der Waals surface area (Å²) in [6, 6.07) is 9.87. The van der Waals surface area contributed by atoms with E-state index in [0.717, 1.165) is 5.56 Å². The molecule has 7 nitrogen and oxygen atoms in total. The van der Waals surface area contributed by atoms with Gasteiger partial charge in [0.05, 0.1) is 35.9 Å². The zero-order valence-corrected chi connectivity index (χ0v) is 18.9. The third kappa shape index (κ3) is 4.90. The fraction of sp³-hybridized carbons (Fsp3) is 0.350. The Hall–Kier alpha value is -1.84. The molecule has 162 valence electrons. The molecule has 0 N–H and O–H groups in total. The van der Waals surface area contributed by atoms with Gasteiger partial charge in [-0.3, -0.25) is 4.79 Å². The summed E-state index contributed by atoms with van der Waals surface area (Å²) < 4.78 is 37.8. The third-order valence-corrected chi connectivity index (χ3v) is 7.42. The van der Waals surface area contributed by atoms with Crippen molar-refractivity contribution in [3.8, 4) is 5.75 Å². The molecular weight excluding hydrogens is 451 g/mol. The zero-order chi connectivity index (χ0) is 21.9. The van der Waals surface area contributed by atoms with Gasteiger partial charge in [0.25, 0.3) is 5.91 Å². The number of rotatable bonds is 6. The highest BCUT2D eigenvalue weighted by molar-refractivity contribution is 7.89. The Bertz CT molecular complexity index is 1040. The number of carbonyl (C=O) groups excluding carboxylic acids is 1. The average molecular weight is 473 g/mol. The molecule has 1 aliphatic rings. The smallest absolute Gasteiger partial charge is 0.255 e. The van der Waals surface area contributed by atoms with Crippen LogP contribution in [0.3, 0.4) is 0 Å². The zero-order valence-electron chi connectivity index (χ0n) is 16.6. The summed E-state index contributed by atoms with van der Waals surface area (Å²) in [4.78, 5) is 14.3. The average Bonchev–Trinajstić information content (AvgIpc) is 2.74. The number of hydrogen-bond acceptors (Lipinski definition) is 5. The normalized spacial score (nSPS) is 15.1. The molecule has 0 radical (unpaired) electrons. The van der Waals surface area contributed by atoms with Crippen LogP contribution in [0.15, 0.2) is 41.3 Å². The summed E-state index contributed by atoms with van der Waals surface area (Å²) >= 11 is 12.4. The molecule has 2 aromatic rings. The number of nitrogens with zero attached hydrogens (tertiary/aromatic N) is 2. The van der Waals surface area contributed by atoms with E-state index >= 15 is 0 Å². The van der Waals surface area contributed by atoms with Gasteiger partial charge in [-0.25, -0.2) is 8.42 Å². The first-order chi connectivity index (χ1) is 14.2. The highest BCUT2D eigenvalue weighted by Gasteiger charge is 2.30. The van der Waals surface area contributed by atoms with Crippen molar-refractivity contribution in [1.29, 1.82) is 0 Å². The van der Waals surface area contributed by atoms with Crippen molar-refractivity contribution >= 4 is 39.1 Å². The van der Waals surface area contributed by atoms with E-state index in [4.69, 9.17) is 32.7 Å². The molecule has 1 saturated heterocycles. The number of halogens is 2. The number of morpholine rings is 1. The number of carbonyl (C=O) groups is 1. The molecule has 0 atom stereocenters. The summed E-state index contributed by atoms with van der Waals surface area (Å²) in [5.74, 6) is 0.259. The van der Waals surface area contributed by atoms with Gasteiger partial charge >= 0.3 is 0 Å². The second-order valence-corrected chi connectivity index (χ2v) is 9.51. The van der Waals surface area contributed by atoms with E-state index in [1.54, 1.807) is 14.2 Å². The molecule has 0 saturated carbocycles. The van der Waals surface area contributed by atoms with E-state index in [1.165, 1.54) is 21.3 Å². The van der Waals surface area contributed by atoms with Crippen molar-refractivity contribution in [3.63, 3.8) is 0 Å². The van der Waals surface area contributed by atoms with Crippen molar-refractivity contribution in [2.24, 2.45) is 0 Å². The summed E-state index contributed by atoms with van der Waals surface area (Å²) in [5.41, 5.74) is 0.926. The Morgan fingerprint density at radius 3 is 2.53 bits per heavy atom. The quantitative estimate of drug-likeness (QED) is 0.644. The monoisotopic (exact) mass is 472 g/mol. The maximum Gasteiger partial charge on any atom is 0.255 e. The van der Waals surface area contributed by atoms with Gasteiger partial charge in [0.1, 0.15) is 10.6 Å². The highest BCUT2D eigenvalue weighted by Crippen LogP contribution is 2.32. The molecule has 1 aliphatic heterocycles. The van der Waals surface area contributed by atoms with E-state index in [-0.39, 0.29) is 33.6 Å². The molecular formula is C20H22Cl2N2O5S. The van der Waals surface area contributed by atoms with Gasteiger partial charge < -0.3 is 14.4 Å². The van der Waals surface area contributed by atoms with Crippen LogP contribution >= 0.6 is 23.2 Å². The van der Waals surface area contributed by atoms with Crippen molar-refractivity contribution in [2.45, 2.75) is 11.4 Å². The van der Waals surface area contributed by atoms with Gasteiger partial charge in [0, 0.05) is 26.7 Å². The Kier molecular flexibility index (Phi) is 7.26. The van der Waals surface area contributed by atoms with Crippen molar-refractivity contribution in [1.82, 2.24) is 9.21 Å². The van der Waals surface area contributed by atoms with Crippen molar-refractivity contribution in [2.75, 3.05) is 40.5 Å². The largest absolute Gasteiger partial charge is 0.497 e.